The maximum atomic E-state index is 7.00. The molecule has 0 aromatic heterocycles. The van der Waals surface area contributed by atoms with E-state index in [1.54, 1.807) is 5.57 Å². The van der Waals surface area contributed by atoms with Crippen LogP contribution in [-0.4, -0.2) is 12.2 Å². The van der Waals surface area contributed by atoms with Gasteiger partial charge in [-0.15, -0.1) is 0 Å². The van der Waals surface area contributed by atoms with Gasteiger partial charge in [-0.05, 0) is 44.4 Å². The molecule has 1 heteroatoms. The van der Waals surface area contributed by atoms with E-state index in [9.17, 15) is 0 Å². The zero-order valence-electron chi connectivity index (χ0n) is 8.05. The third kappa shape index (κ3) is 2.34. The zero-order chi connectivity index (χ0) is 8.81. The number of aliphatic hydroxyl groups is 1. The molecule has 12 heavy (non-hydrogen) atoms. The molecule has 2 aliphatic rings. The molecule has 1 saturated carbocycles. The standard InChI is InChI=1S/C10H16.CH4O/c1-2-6-10-8-4-3-7-9(10)5-1;1-2/h5,10H,1-4,6-8H2;2H,1H3. The summed E-state index contributed by atoms with van der Waals surface area (Å²) in [5.41, 5.74) is 1.80. The van der Waals surface area contributed by atoms with Gasteiger partial charge in [-0.25, -0.2) is 0 Å². The topological polar surface area (TPSA) is 20.2 Å². The first-order valence-corrected chi connectivity index (χ1v) is 5.10. The van der Waals surface area contributed by atoms with Crippen LogP contribution in [0.25, 0.3) is 0 Å². The number of fused-ring (bicyclic) bond motifs is 1. The van der Waals surface area contributed by atoms with Crippen molar-refractivity contribution in [3.05, 3.63) is 11.6 Å². The predicted octanol–water partition coefficient (Wildman–Crippen LogP) is 2.90. The fourth-order valence-electron chi connectivity index (χ4n) is 2.36. The first kappa shape index (κ1) is 9.79. The molecule has 0 aliphatic heterocycles. The summed E-state index contributed by atoms with van der Waals surface area (Å²) in [4.78, 5) is 0. The molecule has 1 N–H and O–H groups in total. The van der Waals surface area contributed by atoms with Gasteiger partial charge in [-0.3, -0.25) is 0 Å². The van der Waals surface area contributed by atoms with Gasteiger partial charge in [0.25, 0.3) is 0 Å². The molecule has 1 fully saturated rings. The quantitative estimate of drug-likeness (QED) is 0.551. The minimum Gasteiger partial charge on any atom is -0.400 e. The van der Waals surface area contributed by atoms with Gasteiger partial charge < -0.3 is 5.11 Å². The summed E-state index contributed by atoms with van der Waals surface area (Å²) in [5, 5.41) is 7.00. The number of aliphatic hydroxyl groups excluding tert-OH is 1. The molecule has 70 valence electrons. The second-order valence-electron chi connectivity index (χ2n) is 3.65. The Morgan fingerprint density at radius 2 is 1.92 bits per heavy atom. The Kier molecular flexibility index (Phi) is 4.37. The van der Waals surface area contributed by atoms with Gasteiger partial charge >= 0.3 is 0 Å². The SMILES string of the molecule is C1=C2CCCCC2CCC1.CO. The number of hydrogen-bond donors (Lipinski definition) is 1. The molecule has 0 saturated heterocycles. The highest BCUT2D eigenvalue weighted by molar-refractivity contribution is 5.11. The third-order valence-corrected chi connectivity index (χ3v) is 2.96. The van der Waals surface area contributed by atoms with Crippen LogP contribution in [0.4, 0.5) is 0 Å². The maximum absolute atomic E-state index is 7.00. The summed E-state index contributed by atoms with van der Waals surface area (Å²) in [6.07, 6.45) is 12.7. The molecular formula is C11H20O. The van der Waals surface area contributed by atoms with Crippen LogP contribution >= 0.6 is 0 Å². The van der Waals surface area contributed by atoms with Gasteiger partial charge in [0, 0.05) is 7.11 Å². The van der Waals surface area contributed by atoms with Gasteiger partial charge in [0.15, 0.2) is 0 Å². The Hall–Kier alpha value is -0.300. The largest absolute Gasteiger partial charge is 0.400 e. The van der Waals surface area contributed by atoms with E-state index in [1.807, 2.05) is 0 Å². The lowest BCUT2D eigenvalue weighted by molar-refractivity contribution is 0.399. The van der Waals surface area contributed by atoms with Crippen molar-refractivity contribution in [2.24, 2.45) is 5.92 Å². The lowest BCUT2D eigenvalue weighted by Crippen LogP contribution is -2.12. The van der Waals surface area contributed by atoms with E-state index in [0.717, 1.165) is 13.0 Å². The lowest BCUT2D eigenvalue weighted by Gasteiger charge is -2.28. The number of rotatable bonds is 0. The van der Waals surface area contributed by atoms with Crippen molar-refractivity contribution in [1.29, 1.82) is 0 Å². The Labute approximate surface area is 75.5 Å². The third-order valence-electron chi connectivity index (χ3n) is 2.96. The van der Waals surface area contributed by atoms with Crippen LogP contribution in [0.15, 0.2) is 11.6 Å². The Bertz CT molecular complexity index is 149. The average Bonchev–Trinajstić information content (AvgIpc) is 2.21. The smallest absolute Gasteiger partial charge is 0.0319 e. The molecule has 0 radical (unpaired) electrons. The molecule has 1 nitrogen and oxygen atoms in total. The Morgan fingerprint density at radius 1 is 1.17 bits per heavy atom. The van der Waals surface area contributed by atoms with Crippen LogP contribution in [0.3, 0.4) is 0 Å². The first-order valence-electron chi connectivity index (χ1n) is 5.10. The maximum Gasteiger partial charge on any atom is 0.0319 e. The normalized spacial score (nSPS) is 27.8. The van der Waals surface area contributed by atoms with E-state index in [0.29, 0.717) is 0 Å². The summed E-state index contributed by atoms with van der Waals surface area (Å²) in [5.74, 6) is 1.02. The summed E-state index contributed by atoms with van der Waals surface area (Å²) >= 11 is 0. The molecule has 2 aliphatic carbocycles. The van der Waals surface area contributed by atoms with E-state index in [2.05, 4.69) is 6.08 Å². The van der Waals surface area contributed by atoms with E-state index in [1.165, 1.54) is 44.9 Å². The highest BCUT2D eigenvalue weighted by Crippen LogP contribution is 2.36. The van der Waals surface area contributed by atoms with Crippen molar-refractivity contribution < 1.29 is 5.11 Å². The van der Waals surface area contributed by atoms with E-state index >= 15 is 0 Å². The van der Waals surface area contributed by atoms with Crippen molar-refractivity contribution in [3.63, 3.8) is 0 Å². The summed E-state index contributed by atoms with van der Waals surface area (Å²) in [6, 6.07) is 0. The molecule has 0 heterocycles. The van der Waals surface area contributed by atoms with Gasteiger partial charge in [0.2, 0.25) is 0 Å². The summed E-state index contributed by atoms with van der Waals surface area (Å²) in [6.45, 7) is 0. The molecule has 2 rings (SSSR count). The van der Waals surface area contributed by atoms with Crippen LogP contribution in [0.2, 0.25) is 0 Å². The highest BCUT2D eigenvalue weighted by Gasteiger charge is 2.20. The van der Waals surface area contributed by atoms with Crippen LogP contribution in [-0.2, 0) is 0 Å². The van der Waals surface area contributed by atoms with Crippen molar-refractivity contribution in [2.45, 2.75) is 44.9 Å². The van der Waals surface area contributed by atoms with Crippen LogP contribution in [0.5, 0.6) is 0 Å². The molecule has 1 atom stereocenters. The summed E-state index contributed by atoms with van der Waals surface area (Å²) in [7, 11) is 1.00. The number of hydrogen-bond acceptors (Lipinski definition) is 1. The number of allylic oxidation sites excluding steroid dienone is 2. The van der Waals surface area contributed by atoms with Crippen molar-refractivity contribution in [1.82, 2.24) is 0 Å². The van der Waals surface area contributed by atoms with E-state index in [4.69, 9.17) is 5.11 Å². The summed E-state index contributed by atoms with van der Waals surface area (Å²) < 4.78 is 0. The van der Waals surface area contributed by atoms with E-state index < -0.39 is 0 Å². The van der Waals surface area contributed by atoms with Gasteiger partial charge in [-0.1, -0.05) is 18.1 Å². The molecule has 1 unspecified atom stereocenters. The molecule has 0 aromatic rings. The second kappa shape index (κ2) is 5.36. The molecule has 0 bridgehead atoms. The minimum absolute atomic E-state index is 1.00. The Balaban J connectivity index is 0.000000336. The van der Waals surface area contributed by atoms with Crippen molar-refractivity contribution in [2.75, 3.05) is 7.11 Å². The van der Waals surface area contributed by atoms with Gasteiger partial charge in [-0.2, -0.15) is 0 Å². The van der Waals surface area contributed by atoms with Gasteiger partial charge in [0.05, 0.1) is 0 Å². The zero-order valence-corrected chi connectivity index (χ0v) is 8.05. The predicted molar refractivity (Wildman–Crippen MR) is 52.0 cm³/mol. The fourth-order valence-corrected chi connectivity index (χ4v) is 2.36. The van der Waals surface area contributed by atoms with E-state index in [-0.39, 0.29) is 0 Å². The lowest BCUT2D eigenvalue weighted by atomic mass is 9.78. The second-order valence-corrected chi connectivity index (χ2v) is 3.65. The fraction of sp³-hybridized carbons (Fsp3) is 0.818. The van der Waals surface area contributed by atoms with Crippen LogP contribution in [0.1, 0.15) is 44.9 Å². The van der Waals surface area contributed by atoms with Crippen LogP contribution in [0, 0.1) is 5.92 Å². The van der Waals surface area contributed by atoms with Crippen molar-refractivity contribution in [3.8, 4) is 0 Å². The average molecular weight is 168 g/mol. The molecule has 0 spiro atoms. The van der Waals surface area contributed by atoms with Crippen molar-refractivity contribution >= 4 is 0 Å². The highest BCUT2D eigenvalue weighted by atomic mass is 16.2. The van der Waals surface area contributed by atoms with Crippen LogP contribution < -0.4 is 0 Å². The molecule has 0 aromatic carbocycles. The monoisotopic (exact) mass is 168 g/mol. The molecular weight excluding hydrogens is 148 g/mol. The Morgan fingerprint density at radius 3 is 2.67 bits per heavy atom. The van der Waals surface area contributed by atoms with Gasteiger partial charge in [0.1, 0.15) is 0 Å². The first-order chi connectivity index (χ1) is 5.97. The minimum atomic E-state index is 1.00. The molecule has 0 amide bonds.